The molecule has 0 aliphatic carbocycles. The summed E-state index contributed by atoms with van der Waals surface area (Å²) in [6.45, 7) is 5.33. The number of pyridine rings is 1. The van der Waals surface area contributed by atoms with E-state index in [2.05, 4.69) is 26.2 Å². The van der Waals surface area contributed by atoms with Crippen molar-refractivity contribution in [3.63, 3.8) is 0 Å². The molecule has 7 heteroatoms. The number of piperazine rings is 1. The molecule has 1 saturated heterocycles. The molecule has 32 heavy (non-hydrogen) atoms. The van der Waals surface area contributed by atoms with Gasteiger partial charge in [0.15, 0.2) is 5.78 Å². The first kappa shape index (κ1) is 21.3. The molecule has 1 aromatic heterocycles. The van der Waals surface area contributed by atoms with E-state index in [4.69, 9.17) is 0 Å². The number of hydrogen-bond acceptors (Lipinski definition) is 6. The van der Waals surface area contributed by atoms with E-state index in [-0.39, 0.29) is 11.6 Å². The number of anilines is 3. The molecule has 0 spiro atoms. The summed E-state index contributed by atoms with van der Waals surface area (Å²) in [5.41, 5.74) is 3.78. The number of halogens is 1. The van der Waals surface area contributed by atoms with E-state index in [1.165, 1.54) is 19.1 Å². The maximum absolute atomic E-state index is 13.2. The summed E-state index contributed by atoms with van der Waals surface area (Å²) < 4.78 is 13.2. The van der Waals surface area contributed by atoms with Gasteiger partial charge in [0, 0.05) is 50.2 Å². The topological polar surface area (TPSA) is 72.3 Å². The Morgan fingerprint density at radius 3 is 2.47 bits per heavy atom. The summed E-state index contributed by atoms with van der Waals surface area (Å²) in [7, 11) is 0. The Kier molecular flexibility index (Phi) is 6.31. The van der Waals surface area contributed by atoms with Crippen LogP contribution in [-0.4, -0.2) is 36.9 Å². The third-order valence-electron chi connectivity index (χ3n) is 5.63. The second-order valence-corrected chi connectivity index (χ2v) is 7.75. The highest BCUT2D eigenvalue weighted by atomic mass is 19.1. The molecular weight excluding hydrogens is 405 g/mol. The van der Waals surface area contributed by atoms with Crippen LogP contribution in [0.15, 0.2) is 60.8 Å². The minimum absolute atomic E-state index is 0.0384. The van der Waals surface area contributed by atoms with E-state index in [0.29, 0.717) is 23.4 Å². The summed E-state index contributed by atoms with van der Waals surface area (Å²) in [5.74, 6) is 0.640. The van der Waals surface area contributed by atoms with Crippen LogP contribution in [0.4, 0.5) is 21.6 Å². The number of nitrogens with zero attached hydrogens (tertiary/aromatic N) is 4. The molecule has 0 bridgehead atoms. The Morgan fingerprint density at radius 2 is 1.78 bits per heavy atom. The monoisotopic (exact) mass is 429 g/mol. The highest BCUT2D eigenvalue weighted by molar-refractivity contribution is 5.95. The third kappa shape index (κ3) is 4.86. The molecule has 3 aromatic rings. The number of rotatable bonds is 6. The Balaban J connectivity index is 1.40. The lowest BCUT2D eigenvalue weighted by molar-refractivity contribution is 0.101. The first-order valence-corrected chi connectivity index (χ1v) is 10.5. The number of aromatic nitrogens is 1. The van der Waals surface area contributed by atoms with Gasteiger partial charge in [-0.3, -0.25) is 4.79 Å². The van der Waals surface area contributed by atoms with E-state index in [0.717, 1.165) is 43.2 Å². The molecule has 2 aromatic carbocycles. The second kappa shape index (κ2) is 9.48. The summed E-state index contributed by atoms with van der Waals surface area (Å²) >= 11 is 0. The molecule has 162 valence electrons. The van der Waals surface area contributed by atoms with Crippen molar-refractivity contribution in [2.24, 2.45) is 0 Å². The fourth-order valence-electron chi connectivity index (χ4n) is 3.79. The van der Waals surface area contributed by atoms with Crippen LogP contribution in [0.2, 0.25) is 0 Å². The lowest BCUT2D eigenvalue weighted by Gasteiger charge is -2.36. The van der Waals surface area contributed by atoms with Crippen LogP contribution < -0.4 is 15.1 Å². The average Bonchev–Trinajstić information content (AvgIpc) is 2.83. The Hall–Kier alpha value is -3.92. The van der Waals surface area contributed by atoms with E-state index in [1.807, 2.05) is 24.3 Å². The summed E-state index contributed by atoms with van der Waals surface area (Å²) in [5, 5.41) is 12.6. The van der Waals surface area contributed by atoms with Gasteiger partial charge in [-0.1, -0.05) is 0 Å². The third-order valence-corrected chi connectivity index (χ3v) is 5.63. The number of Topliss-reactive ketones (excluding diaryl/α,β-unsaturated/α-hetero) is 1. The van der Waals surface area contributed by atoms with Gasteiger partial charge in [0.1, 0.15) is 17.7 Å². The Morgan fingerprint density at radius 1 is 1.06 bits per heavy atom. The van der Waals surface area contributed by atoms with Crippen molar-refractivity contribution in [2.75, 3.05) is 41.3 Å². The first-order chi connectivity index (χ1) is 15.5. The smallest absolute Gasteiger partial charge is 0.159 e. The number of nitrogens with one attached hydrogen (secondary N) is 1. The summed E-state index contributed by atoms with van der Waals surface area (Å²) in [6, 6.07) is 17.8. The second-order valence-electron chi connectivity index (χ2n) is 7.75. The highest BCUT2D eigenvalue weighted by Crippen LogP contribution is 2.22. The molecule has 4 rings (SSSR count). The average molecular weight is 429 g/mol. The molecule has 0 amide bonds. The summed E-state index contributed by atoms with van der Waals surface area (Å²) in [6.07, 6.45) is 1.79. The zero-order valence-electron chi connectivity index (χ0n) is 17.9. The predicted octanol–water partition coefficient (Wildman–Crippen LogP) is 4.23. The quantitative estimate of drug-likeness (QED) is 0.591. The SMILES string of the molecule is CC(=O)c1ccc(C#N)c(NCc2ccnc(N3CCN(c4ccc(F)cc4)CC3)c2)c1. The van der Waals surface area contributed by atoms with Gasteiger partial charge < -0.3 is 15.1 Å². The van der Waals surface area contributed by atoms with Crippen LogP contribution >= 0.6 is 0 Å². The van der Waals surface area contributed by atoms with Gasteiger partial charge in [-0.05, 0) is 67.1 Å². The fraction of sp³-hybridized carbons (Fsp3) is 0.240. The zero-order valence-corrected chi connectivity index (χ0v) is 17.9. The van der Waals surface area contributed by atoms with Crippen LogP contribution in [0.1, 0.15) is 28.4 Å². The molecular formula is C25H24FN5O. The molecule has 1 fully saturated rings. The molecule has 0 unspecified atom stereocenters. The van der Waals surface area contributed by atoms with Crippen molar-refractivity contribution in [3.8, 4) is 6.07 Å². The maximum atomic E-state index is 13.2. The van der Waals surface area contributed by atoms with Gasteiger partial charge in [-0.15, -0.1) is 0 Å². The molecule has 2 heterocycles. The molecule has 1 aliphatic heterocycles. The van der Waals surface area contributed by atoms with Crippen molar-refractivity contribution < 1.29 is 9.18 Å². The van der Waals surface area contributed by atoms with Crippen molar-refractivity contribution >= 4 is 23.0 Å². The lowest BCUT2D eigenvalue weighted by atomic mass is 10.1. The van der Waals surface area contributed by atoms with E-state index in [1.54, 1.807) is 24.4 Å². The first-order valence-electron chi connectivity index (χ1n) is 10.5. The normalized spacial score (nSPS) is 13.5. The fourth-order valence-corrected chi connectivity index (χ4v) is 3.79. The van der Waals surface area contributed by atoms with Crippen molar-refractivity contribution in [3.05, 3.63) is 83.3 Å². The molecule has 6 nitrogen and oxygen atoms in total. The number of carbonyl (C=O) groups is 1. The molecule has 0 saturated carbocycles. The van der Waals surface area contributed by atoms with Crippen molar-refractivity contribution in [1.82, 2.24) is 4.98 Å². The Bertz CT molecular complexity index is 1150. The minimum atomic E-state index is -0.225. The van der Waals surface area contributed by atoms with Crippen LogP contribution in [0.5, 0.6) is 0 Å². The standard InChI is InChI=1S/C25H24FN5O/c1-18(32)20-2-3-21(16-27)24(15-20)29-17-19-8-9-28-25(14-19)31-12-10-30(11-13-31)23-6-4-22(26)5-7-23/h2-9,14-15,29H,10-13,17H2,1H3. The van der Waals surface area contributed by atoms with Crippen LogP contribution in [-0.2, 0) is 6.54 Å². The molecule has 1 N–H and O–H groups in total. The highest BCUT2D eigenvalue weighted by Gasteiger charge is 2.18. The number of hydrogen-bond donors (Lipinski definition) is 1. The van der Waals surface area contributed by atoms with Gasteiger partial charge in [-0.2, -0.15) is 5.26 Å². The van der Waals surface area contributed by atoms with Crippen LogP contribution in [0.3, 0.4) is 0 Å². The van der Waals surface area contributed by atoms with Crippen LogP contribution in [0.25, 0.3) is 0 Å². The van der Waals surface area contributed by atoms with Crippen molar-refractivity contribution in [1.29, 1.82) is 5.26 Å². The summed E-state index contributed by atoms with van der Waals surface area (Å²) in [4.78, 5) is 20.7. The zero-order chi connectivity index (χ0) is 22.5. The maximum Gasteiger partial charge on any atom is 0.159 e. The predicted molar refractivity (Wildman–Crippen MR) is 124 cm³/mol. The molecule has 0 radical (unpaired) electrons. The van der Waals surface area contributed by atoms with E-state index < -0.39 is 0 Å². The van der Waals surface area contributed by atoms with Gasteiger partial charge >= 0.3 is 0 Å². The number of nitriles is 1. The van der Waals surface area contributed by atoms with Gasteiger partial charge in [-0.25, -0.2) is 9.37 Å². The largest absolute Gasteiger partial charge is 0.380 e. The van der Waals surface area contributed by atoms with Gasteiger partial charge in [0.05, 0.1) is 11.3 Å². The van der Waals surface area contributed by atoms with E-state index in [9.17, 15) is 14.4 Å². The lowest BCUT2D eigenvalue weighted by Crippen LogP contribution is -2.46. The van der Waals surface area contributed by atoms with Crippen LogP contribution in [0, 0.1) is 17.1 Å². The number of carbonyl (C=O) groups excluding carboxylic acids is 1. The molecule has 1 aliphatic rings. The van der Waals surface area contributed by atoms with Crippen molar-refractivity contribution in [2.45, 2.75) is 13.5 Å². The number of benzene rings is 2. The Labute approximate surface area is 186 Å². The minimum Gasteiger partial charge on any atom is -0.380 e. The molecule has 0 atom stereocenters. The number of ketones is 1. The van der Waals surface area contributed by atoms with Gasteiger partial charge in [0.25, 0.3) is 0 Å². The van der Waals surface area contributed by atoms with E-state index >= 15 is 0 Å². The van der Waals surface area contributed by atoms with Gasteiger partial charge in [0.2, 0.25) is 0 Å².